The van der Waals surface area contributed by atoms with Gasteiger partial charge in [0.05, 0.1) is 20.6 Å². The van der Waals surface area contributed by atoms with Crippen LogP contribution in [0, 0.1) is 0 Å². The molecule has 0 saturated heterocycles. The Morgan fingerprint density at radius 1 is 0.420 bits per heavy atom. The summed E-state index contributed by atoms with van der Waals surface area (Å²) in [5.41, 5.74) is -0.235. The molecule has 10 rings (SSSR count). The van der Waals surface area contributed by atoms with Crippen molar-refractivity contribution < 1.29 is 25.0 Å². The van der Waals surface area contributed by atoms with Gasteiger partial charge in [-0.3, -0.25) is 0 Å². The van der Waals surface area contributed by atoms with Crippen molar-refractivity contribution in [1.82, 2.24) is 15.0 Å². The van der Waals surface area contributed by atoms with Gasteiger partial charge < -0.3 is 4.42 Å². The summed E-state index contributed by atoms with van der Waals surface area (Å²) in [6, 6.07) is 12.1. The summed E-state index contributed by atoms with van der Waals surface area (Å²) in [4.78, 5) is 14.0. The number of fused-ring (bicyclic) bond motifs is 6. The zero-order valence-electron chi connectivity index (χ0n) is 40.6. The van der Waals surface area contributed by atoms with Gasteiger partial charge in [0, 0.05) is 47.6 Å². The highest BCUT2D eigenvalue weighted by atomic mass is 32.1. The van der Waals surface area contributed by atoms with Crippen LogP contribution < -0.4 is 0 Å². The molecule has 10 aromatic rings. The maximum Gasteiger partial charge on any atom is 0.164 e. The second-order valence-corrected chi connectivity index (χ2v) is 12.3. The Labute approximate surface area is 313 Å². The standard InChI is InChI=1S/C45H27N3OS/c1-2-9-29(10-3-1)43-46-44(48-45(47-43)34-22-23-36-35-13-4-6-15-39(35)49-40(36)26-34)30-19-17-28(18-20-30)31-11-8-12-32(25-31)33-21-24-38-37-14-5-7-16-41(37)50-42(38)27-33/h1-27H/i5D,7D,8D,11D,12D,14D,16D,17D,18D,19D,20D,21D,24D,25D,27D. The molecule has 0 saturated carbocycles. The summed E-state index contributed by atoms with van der Waals surface area (Å²) in [5.74, 6) is 0.0720. The number of thiophene rings is 1. The van der Waals surface area contributed by atoms with E-state index in [1.807, 2.05) is 30.3 Å². The summed E-state index contributed by atoms with van der Waals surface area (Å²) >= 11 is 0.773. The van der Waals surface area contributed by atoms with Crippen LogP contribution in [-0.4, -0.2) is 15.0 Å². The smallest absolute Gasteiger partial charge is 0.164 e. The Kier molecular flexibility index (Phi) is 4.02. The van der Waals surface area contributed by atoms with Crippen LogP contribution in [0.1, 0.15) is 20.6 Å². The molecule has 0 bridgehead atoms. The third kappa shape index (κ3) is 4.95. The van der Waals surface area contributed by atoms with Gasteiger partial charge in [-0.05, 0) is 58.6 Å². The van der Waals surface area contributed by atoms with E-state index >= 15 is 0 Å². The van der Waals surface area contributed by atoms with Crippen molar-refractivity contribution in [2.45, 2.75) is 0 Å². The van der Waals surface area contributed by atoms with Gasteiger partial charge >= 0.3 is 0 Å². The first kappa shape index (κ1) is 17.3. The van der Waals surface area contributed by atoms with Crippen LogP contribution in [0.5, 0.6) is 0 Å². The van der Waals surface area contributed by atoms with E-state index in [4.69, 9.17) is 21.7 Å². The number of nitrogens with zero attached hydrogens (tertiary/aromatic N) is 3. The molecular weight excluding hydrogens is 631 g/mol. The highest BCUT2D eigenvalue weighted by Gasteiger charge is 2.15. The number of aromatic nitrogens is 3. The summed E-state index contributed by atoms with van der Waals surface area (Å²) < 4.78 is 140. The number of furan rings is 1. The van der Waals surface area contributed by atoms with E-state index in [-0.39, 0.29) is 43.2 Å². The monoisotopic (exact) mass is 672 g/mol. The maximum absolute atomic E-state index is 9.41. The minimum atomic E-state index is -0.815. The first-order valence-electron chi connectivity index (χ1n) is 22.9. The molecule has 5 heteroatoms. The Bertz CT molecular complexity index is 3710. The minimum absolute atomic E-state index is 0.0299. The van der Waals surface area contributed by atoms with Crippen molar-refractivity contribution >= 4 is 53.4 Å². The van der Waals surface area contributed by atoms with Crippen molar-refractivity contribution in [2.24, 2.45) is 0 Å². The van der Waals surface area contributed by atoms with E-state index < -0.39 is 113 Å². The van der Waals surface area contributed by atoms with E-state index in [0.29, 0.717) is 22.3 Å². The van der Waals surface area contributed by atoms with E-state index in [9.17, 15) is 8.22 Å². The fourth-order valence-corrected chi connectivity index (χ4v) is 6.73. The van der Waals surface area contributed by atoms with Crippen molar-refractivity contribution in [2.75, 3.05) is 0 Å². The van der Waals surface area contributed by atoms with E-state index in [1.54, 1.807) is 42.5 Å². The molecule has 3 aromatic heterocycles. The predicted octanol–water partition coefficient (Wildman–Crippen LogP) is 12.5. The highest BCUT2D eigenvalue weighted by molar-refractivity contribution is 7.25. The molecule has 0 radical (unpaired) electrons. The molecule has 0 amide bonds. The van der Waals surface area contributed by atoms with Gasteiger partial charge in [-0.15, -0.1) is 11.3 Å². The molecule has 0 N–H and O–H groups in total. The SMILES string of the molecule is [2H]c1c([2H])c(-c2c([2H])c([2H])c(-c3nc(-c4ccccc4)nc(-c4ccc5c(c4)oc4ccccc45)n3)c([2H])c2[2H])c([2H])c(-c2c([2H])c([2H])c3c(sc4c([2H])c([2H])c([2H])c([2H])c43)c2[2H])c1[2H]. The maximum atomic E-state index is 9.41. The topological polar surface area (TPSA) is 51.8 Å². The lowest BCUT2D eigenvalue weighted by atomic mass is 9.98. The molecule has 0 aliphatic carbocycles. The number of hydrogen-bond donors (Lipinski definition) is 0. The van der Waals surface area contributed by atoms with Crippen LogP contribution in [0.4, 0.5) is 0 Å². The average molecular weight is 673 g/mol. The molecule has 0 atom stereocenters. The van der Waals surface area contributed by atoms with Gasteiger partial charge in [0.2, 0.25) is 0 Å². The first-order chi connectivity index (χ1) is 31.0. The van der Waals surface area contributed by atoms with E-state index in [0.717, 1.165) is 22.1 Å². The van der Waals surface area contributed by atoms with Crippen LogP contribution in [0.15, 0.2) is 168 Å². The summed E-state index contributed by atoms with van der Waals surface area (Å²) in [6.07, 6.45) is 0. The summed E-state index contributed by atoms with van der Waals surface area (Å²) in [5, 5.41) is 1.60. The first-order valence-corrected chi connectivity index (χ1v) is 16.2. The molecule has 3 heterocycles. The Morgan fingerprint density at radius 3 is 1.92 bits per heavy atom. The predicted molar refractivity (Wildman–Crippen MR) is 207 cm³/mol. The number of hydrogen-bond acceptors (Lipinski definition) is 5. The van der Waals surface area contributed by atoms with Gasteiger partial charge in [-0.1, -0.05) is 127 Å². The van der Waals surface area contributed by atoms with E-state index in [2.05, 4.69) is 9.97 Å². The molecule has 0 spiro atoms. The van der Waals surface area contributed by atoms with Crippen LogP contribution in [0.2, 0.25) is 0 Å². The molecule has 50 heavy (non-hydrogen) atoms. The van der Waals surface area contributed by atoms with Crippen LogP contribution >= 0.6 is 11.3 Å². The van der Waals surface area contributed by atoms with Gasteiger partial charge in [0.15, 0.2) is 17.5 Å². The number of benzene rings is 7. The fourth-order valence-electron chi connectivity index (χ4n) is 5.76. The third-order valence-electron chi connectivity index (χ3n) is 8.16. The molecule has 0 aliphatic heterocycles. The molecule has 7 aromatic carbocycles. The largest absolute Gasteiger partial charge is 0.456 e. The quantitative estimate of drug-likeness (QED) is 0.183. The highest BCUT2D eigenvalue weighted by Crippen LogP contribution is 2.37. The average Bonchev–Trinajstić information content (AvgIpc) is 3.90. The lowest BCUT2D eigenvalue weighted by molar-refractivity contribution is 0.669. The van der Waals surface area contributed by atoms with Crippen molar-refractivity contribution in [3.05, 3.63) is 163 Å². The van der Waals surface area contributed by atoms with E-state index in [1.165, 1.54) is 0 Å². The van der Waals surface area contributed by atoms with Crippen molar-refractivity contribution in [3.63, 3.8) is 0 Å². The zero-order valence-corrected chi connectivity index (χ0v) is 26.4. The molecular formula is C45H27N3OS. The normalized spacial score (nSPS) is 15.8. The third-order valence-corrected chi connectivity index (χ3v) is 9.18. The summed E-state index contributed by atoms with van der Waals surface area (Å²) in [6.45, 7) is 0. The van der Waals surface area contributed by atoms with Gasteiger partial charge in [-0.2, -0.15) is 0 Å². The minimum Gasteiger partial charge on any atom is -0.456 e. The fraction of sp³-hybridized carbons (Fsp3) is 0. The molecule has 0 aliphatic rings. The van der Waals surface area contributed by atoms with Gasteiger partial charge in [-0.25, -0.2) is 15.0 Å². The van der Waals surface area contributed by atoms with Gasteiger partial charge in [0.1, 0.15) is 11.2 Å². The zero-order chi connectivity index (χ0) is 46.1. The molecule has 0 fully saturated rings. The summed E-state index contributed by atoms with van der Waals surface area (Å²) in [7, 11) is 0. The molecule has 234 valence electrons. The Hall–Kier alpha value is -6.43. The Balaban J connectivity index is 1.19. The van der Waals surface area contributed by atoms with Gasteiger partial charge in [0.25, 0.3) is 0 Å². The van der Waals surface area contributed by atoms with Crippen LogP contribution in [0.3, 0.4) is 0 Å². The second kappa shape index (κ2) is 11.6. The lowest BCUT2D eigenvalue weighted by Gasteiger charge is -2.10. The van der Waals surface area contributed by atoms with Crippen LogP contribution in [0.25, 0.3) is 98.5 Å². The van der Waals surface area contributed by atoms with Crippen molar-refractivity contribution in [1.29, 1.82) is 0 Å². The number of para-hydroxylation sites is 1. The molecule has 0 unspecified atom stereocenters. The molecule has 4 nitrogen and oxygen atoms in total. The second-order valence-electron chi connectivity index (χ2n) is 11.2. The lowest BCUT2D eigenvalue weighted by Crippen LogP contribution is -2.00. The Morgan fingerprint density at radius 2 is 1.06 bits per heavy atom. The van der Waals surface area contributed by atoms with Crippen LogP contribution in [-0.2, 0) is 0 Å². The van der Waals surface area contributed by atoms with Crippen molar-refractivity contribution in [3.8, 4) is 56.4 Å². The number of rotatable bonds is 5.